The van der Waals surface area contributed by atoms with E-state index in [1.54, 1.807) is 6.92 Å². The number of hydrogen-bond acceptors (Lipinski definition) is 2. The lowest BCUT2D eigenvalue weighted by Crippen LogP contribution is -2.32. The summed E-state index contributed by atoms with van der Waals surface area (Å²) in [6.07, 6.45) is 1.60. The molecule has 0 aliphatic rings. The predicted octanol–water partition coefficient (Wildman–Crippen LogP) is 2.12. The molecule has 0 spiro atoms. The van der Waals surface area contributed by atoms with E-state index < -0.39 is 0 Å². The van der Waals surface area contributed by atoms with E-state index in [-0.39, 0.29) is 11.9 Å². The van der Waals surface area contributed by atoms with E-state index in [4.69, 9.17) is 5.11 Å². The van der Waals surface area contributed by atoms with Crippen molar-refractivity contribution in [2.24, 2.45) is 0 Å². The number of aryl methyl sites for hydroxylation is 1. The monoisotopic (exact) mass is 225 g/mol. The Morgan fingerprint density at radius 2 is 1.88 bits per heavy atom. The second-order valence-corrected chi connectivity index (χ2v) is 4.32. The third kappa shape index (κ3) is 5.24. The second-order valence-electron chi connectivity index (χ2n) is 4.32. The molecule has 0 aliphatic heterocycles. The van der Waals surface area contributed by atoms with E-state index >= 15 is 0 Å². The zero-order valence-corrected chi connectivity index (χ0v) is 9.91. The molecule has 2 atom stereocenters. The number of nitrogens with one attached hydrogen (secondary N) is 1. The molecule has 0 radical (unpaired) electrons. The molecule has 1 rings (SSSR count). The molecule has 1 aromatic rings. The topological polar surface area (TPSA) is 32.3 Å². The molecule has 0 saturated heterocycles. The number of aliphatic hydroxyl groups excluding tert-OH is 1. The summed E-state index contributed by atoms with van der Waals surface area (Å²) in [6, 6.07) is 6.97. The summed E-state index contributed by atoms with van der Waals surface area (Å²) < 4.78 is 12.7. The normalized spacial score (nSPS) is 14.8. The second kappa shape index (κ2) is 6.61. The molecule has 2 N–H and O–H groups in total. The van der Waals surface area contributed by atoms with Gasteiger partial charge in [0.1, 0.15) is 5.82 Å². The zero-order valence-electron chi connectivity index (χ0n) is 9.91. The van der Waals surface area contributed by atoms with Gasteiger partial charge in [0.25, 0.3) is 0 Å². The molecule has 0 amide bonds. The average molecular weight is 225 g/mol. The van der Waals surface area contributed by atoms with Crippen LogP contribution in [0.3, 0.4) is 0 Å². The lowest BCUT2D eigenvalue weighted by molar-refractivity contribution is 0.186. The molecule has 1 aromatic carbocycles. The quantitative estimate of drug-likeness (QED) is 0.777. The molecule has 90 valence electrons. The average Bonchev–Trinajstić information content (AvgIpc) is 2.25. The van der Waals surface area contributed by atoms with E-state index in [0.29, 0.717) is 12.6 Å². The van der Waals surface area contributed by atoms with Gasteiger partial charge in [-0.25, -0.2) is 4.39 Å². The summed E-state index contributed by atoms with van der Waals surface area (Å²) in [5.74, 6) is -0.191. The van der Waals surface area contributed by atoms with Crippen molar-refractivity contribution in [3.8, 4) is 0 Å². The van der Waals surface area contributed by atoms with Crippen molar-refractivity contribution in [3.63, 3.8) is 0 Å². The third-order valence-corrected chi connectivity index (χ3v) is 2.54. The van der Waals surface area contributed by atoms with Crippen LogP contribution in [-0.2, 0) is 6.42 Å². The molecule has 0 saturated carbocycles. The Bertz CT molecular complexity index is 297. The molecule has 0 heterocycles. The van der Waals surface area contributed by atoms with Gasteiger partial charge in [0.2, 0.25) is 0 Å². The summed E-state index contributed by atoms with van der Waals surface area (Å²) in [5.41, 5.74) is 1.15. The number of benzene rings is 1. The fraction of sp³-hybridized carbons (Fsp3) is 0.538. The van der Waals surface area contributed by atoms with E-state index in [9.17, 15) is 4.39 Å². The van der Waals surface area contributed by atoms with E-state index in [1.807, 2.05) is 12.1 Å². The van der Waals surface area contributed by atoms with E-state index in [2.05, 4.69) is 12.2 Å². The van der Waals surface area contributed by atoms with Crippen molar-refractivity contribution in [2.45, 2.75) is 38.8 Å². The van der Waals surface area contributed by atoms with Crippen LogP contribution in [0.25, 0.3) is 0 Å². The Morgan fingerprint density at radius 3 is 2.44 bits per heavy atom. The Kier molecular flexibility index (Phi) is 5.43. The van der Waals surface area contributed by atoms with Crippen molar-refractivity contribution in [1.29, 1.82) is 0 Å². The van der Waals surface area contributed by atoms with Crippen LogP contribution in [0.2, 0.25) is 0 Å². The largest absolute Gasteiger partial charge is 0.392 e. The van der Waals surface area contributed by atoms with Gasteiger partial charge in [-0.3, -0.25) is 0 Å². The smallest absolute Gasteiger partial charge is 0.123 e. The molecule has 1 unspecified atom stereocenters. The minimum absolute atomic E-state index is 0.191. The van der Waals surface area contributed by atoms with Crippen molar-refractivity contribution < 1.29 is 9.50 Å². The first-order valence-electron chi connectivity index (χ1n) is 5.74. The van der Waals surface area contributed by atoms with Crippen LogP contribution in [0, 0.1) is 5.82 Å². The van der Waals surface area contributed by atoms with Crippen LogP contribution >= 0.6 is 0 Å². The Balaban J connectivity index is 2.26. The van der Waals surface area contributed by atoms with Crippen molar-refractivity contribution in [1.82, 2.24) is 5.32 Å². The molecule has 0 fully saturated rings. The minimum Gasteiger partial charge on any atom is -0.392 e. The number of rotatable bonds is 6. The van der Waals surface area contributed by atoms with Crippen LogP contribution in [0.1, 0.15) is 25.8 Å². The van der Waals surface area contributed by atoms with Crippen molar-refractivity contribution >= 4 is 0 Å². The SMILES string of the molecule is CC(CCc1ccc(F)cc1)NC[C@H](C)O. The zero-order chi connectivity index (χ0) is 12.0. The number of hydrogen-bond donors (Lipinski definition) is 2. The van der Waals surface area contributed by atoms with Crippen LogP contribution in [0.5, 0.6) is 0 Å². The van der Waals surface area contributed by atoms with Gasteiger partial charge in [-0.2, -0.15) is 0 Å². The van der Waals surface area contributed by atoms with Gasteiger partial charge in [0.15, 0.2) is 0 Å². The molecule has 2 nitrogen and oxygen atoms in total. The Morgan fingerprint density at radius 1 is 1.25 bits per heavy atom. The van der Waals surface area contributed by atoms with Gasteiger partial charge in [-0.1, -0.05) is 12.1 Å². The van der Waals surface area contributed by atoms with Gasteiger partial charge in [0, 0.05) is 12.6 Å². The van der Waals surface area contributed by atoms with Gasteiger partial charge in [-0.05, 0) is 44.4 Å². The maximum absolute atomic E-state index is 12.7. The van der Waals surface area contributed by atoms with Gasteiger partial charge >= 0.3 is 0 Å². The van der Waals surface area contributed by atoms with E-state index in [1.165, 1.54) is 12.1 Å². The number of halogens is 1. The lowest BCUT2D eigenvalue weighted by Gasteiger charge is -2.14. The third-order valence-electron chi connectivity index (χ3n) is 2.54. The van der Waals surface area contributed by atoms with Crippen LogP contribution in [0.15, 0.2) is 24.3 Å². The Hall–Kier alpha value is -0.930. The molecule has 3 heteroatoms. The highest BCUT2D eigenvalue weighted by atomic mass is 19.1. The standard InChI is InChI=1S/C13H20FNO/c1-10(15-9-11(2)16)3-4-12-5-7-13(14)8-6-12/h5-8,10-11,15-16H,3-4,9H2,1-2H3/t10?,11-/m0/s1. The van der Waals surface area contributed by atoms with Crippen molar-refractivity contribution in [3.05, 3.63) is 35.6 Å². The van der Waals surface area contributed by atoms with Crippen molar-refractivity contribution in [2.75, 3.05) is 6.54 Å². The predicted molar refractivity (Wildman–Crippen MR) is 63.9 cm³/mol. The molecule has 0 bridgehead atoms. The minimum atomic E-state index is -0.312. The number of aliphatic hydroxyl groups is 1. The molecular formula is C13H20FNO. The van der Waals surface area contributed by atoms with Crippen LogP contribution in [0.4, 0.5) is 4.39 Å². The first-order valence-corrected chi connectivity index (χ1v) is 5.74. The van der Waals surface area contributed by atoms with Gasteiger partial charge in [0.05, 0.1) is 6.10 Å². The first kappa shape index (κ1) is 13.1. The summed E-state index contributed by atoms with van der Waals surface area (Å²) in [4.78, 5) is 0. The van der Waals surface area contributed by atoms with E-state index in [0.717, 1.165) is 18.4 Å². The molecule has 0 aliphatic carbocycles. The Labute approximate surface area is 96.5 Å². The molecule has 16 heavy (non-hydrogen) atoms. The molecular weight excluding hydrogens is 205 g/mol. The maximum Gasteiger partial charge on any atom is 0.123 e. The highest BCUT2D eigenvalue weighted by Crippen LogP contribution is 2.07. The maximum atomic E-state index is 12.7. The summed E-state index contributed by atoms with van der Waals surface area (Å²) in [7, 11) is 0. The summed E-state index contributed by atoms with van der Waals surface area (Å²) in [5, 5.41) is 12.4. The lowest BCUT2D eigenvalue weighted by atomic mass is 10.1. The fourth-order valence-electron chi connectivity index (χ4n) is 1.51. The highest BCUT2D eigenvalue weighted by Gasteiger charge is 2.03. The van der Waals surface area contributed by atoms with Crippen LogP contribution in [-0.4, -0.2) is 23.8 Å². The first-order chi connectivity index (χ1) is 7.58. The summed E-state index contributed by atoms with van der Waals surface area (Å²) in [6.45, 7) is 4.47. The van der Waals surface area contributed by atoms with Gasteiger partial charge in [-0.15, -0.1) is 0 Å². The fourth-order valence-corrected chi connectivity index (χ4v) is 1.51. The molecule has 0 aromatic heterocycles. The van der Waals surface area contributed by atoms with Crippen LogP contribution < -0.4 is 5.32 Å². The van der Waals surface area contributed by atoms with Gasteiger partial charge < -0.3 is 10.4 Å². The summed E-state index contributed by atoms with van der Waals surface area (Å²) >= 11 is 0. The highest BCUT2D eigenvalue weighted by molar-refractivity contribution is 5.16.